The molecule has 2 atom stereocenters. The van der Waals surface area contributed by atoms with Gasteiger partial charge in [-0.15, -0.1) is 0 Å². The first kappa shape index (κ1) is 28.1. The molecule has 0 bridgehead atoms. The Labute approximate surface area is 256 Å². The predicted molar refractivity (Wildman–Crippen MR) is 167 cm³/mol. The van der Waals surface area contributed by atoms with E-state index in [9.17, 15) is 14.9 Å². The fourth-order valence-corrected chi connectivity index (χ4v) is 6.17. The smallest absolute Gasteiger partial charge is 0.338 e. The van der Waals surface area contributed by atoms with Crippen LogP contribution < -0.4 is 10.2 Å². The average Bonchev–Trinajstić information content (AvgIpc) is 3.66. The minimum Gasteiger partial charge on any atom is -0.465 e. The van der Waals surface area contributed by atoms with Crippen LogP contribution in [0.15, 0.2) is 124 Å². The molecular formula is C32H24N4O5S2. The summed E-state index contributed by atoms with van der Waals surface area (Å²) in [7, 11) is 1.35. The van der Waals surface area contributed by atoms with Crippen molar-refractivity contribution in [1.29, 1.82) is 0 Å². The van der Waals surface area contributed by atoms with Gasteiger partial charge in [0.05, 0.1) is 29.3 Å². The molecule has 214 valence electrons. The largest absolute Gasteiger partial charge is 0.465 e. The highest BCUT2D eigenvalue weighted by atomic mass is 32.2. The number of nitro groups is 1. The minimum atomic E-state index is -0.447. The van der Waals surface area contributed by atoms with Gasteiger partial charge in [-0.2, -0.15) is 0 Å². The number of nitrogens with one attached hydrogen (secondary N) is 1. The molecule has 11 heteroatoms. The lowest BCUT2D eigenvalue weighted by Gasteiger charge is -2.26. The van der Waals surface area contributed by atoms with Crippen molar-refractivity contribution in [3.05, 3.63) is 136 Å². The number of anilines is 1. The van der Waals surface area contributed by atoms with E-state index in [-0.39, 0.29) is 17.8 Å². The Balaban J connectivity index is 1.34. The predicted octanol–water partition coefficient (Wildman–Crippen LogP) is 7.36. The van der Waals surface area contributed by atoms with Crippen LogP contribution in [0.5, 0.6) is 0 Å². The Morgan fingerprint density at radius 3 is 2.35 bits per heavy atom. The molecule has 6 rings (SSSR count). The molecule has 0 radical (unpaired) electrons. The summed E-state index contributed by atoms with van der Waals surface area (Å²) in [5, 5.41) is 14.9. The van der Waals surface area contributed by atoms with Gasteiger partial charge in [-0.1, -0.05) is 36.0 Å². The van der Waals surface area contributed by atoms with Crippen LogP contribution in [0.2, 0.25) is 0 Å². The van der Waals surface area contributed by atoms with E-state index in [0.717, 1.165) is 21.2 Å². The van der Waals surface area contributed by atoms with Gasteiger partial charge in [0.2, 0.25) is 0 Å². The first-order valence-electron chi connectivity index (χ1n) is 13.2. The van der Waals surface area contributed by atoms with E-state index < -0.39 is 10.9 Å². The standard InChI is InChI=1S/C32H24N4O5S2/c1-40-31(37)25-7-3-2-6-24(25)27-17-18-28(41-27)30-29(26-8-4-5-19-33-26)34-32(42)35(30)20-9-13-22(14-10-20)43-23-15-11-21(12-16-23)36(38)39/h2-19,29-30H,1H3,(H,34,42). The van der Waals surface area contributed by atoms with Gasteiger partial charge >= 0.3 is 5.97 Å². The SMILES string of the molecule is COC(=O)c1ccccc1-c1ccc(C2C(c3ccccn3)NC(=S)N2c2ccc(Sc3ccc([N+](=O)[O-])cc3)cc2)o1. The Hall–Kier alpha value is -5.00. The molecule has 0 saturated carbocycles. The number of non-ortho nitro benzene ring substituents is 1. The molecule has 9 nitrogen and oxygen atoms in total. The summed E-state index contributed by atoms with van der Waals surface area (Å²) in [5.41, 5.74) is 2.74. The number of hydrogen-bond acceptors (Lipinski definition) is 8. The number of nitrogens with zero attached hydrogens (tertiary/aromatic N) is 3. The van der Waals surface area contributed by atoms with Crippen LogP contribution >= 0.6 is 24.0 Å². The number of aromatic nitrogens is 1. The number of pyridine rings is 1. The molecule has 0 aliphatic carbocycles. The van der Waals surface area contributed by atoms with Gasteiger partial charge < -0.3 is 19.4 Å². The highest BCUT2D eigenvalue weighted by Crippen LogP contribution is 2.43. The number of furan rings is 1. The van der Waals surface area contributed by atoms with Gasteiger partial charge in [-0.25, -0.2) is 4.79 Å². The van der Waals surface area contributed by atoms with Gasteiger partial charge in [-0.05, 0) is 78.9 Å². The number of carbonyl (C=O) groups excluding carboxylic acids is 1. The van der Waals surface area contributed by atoms with E-state index in [1.165, 1.54) is 31.0 Å². The molecule has 0 spiro atoms. The molecule has 43 heavy (non-hydrogen) atoms. The number of esters is 1. The van der Waals surface area contributed by atoms with Crippen molar-refractivity contribution in [3.8, 4) is 11.3 Å². The minimum absolute atomic E-state index is 0.0538. The molecular weight excluding hydrogens is 585 g/mol. The summed E-state index contributed by atoms with van der Waals surface area (Å²) in [4.78, 5) is 31.5. The van der Waals surface area contributed by atoms with Crippen LogP contribution in [0.1, 0.15) is 33.9 Å². The van der Waals surface area contributed by atoms with Crippen molar-refractivity contribution >= 4 is 46.4 Å². The zero-order chi connectivity index (χ0) is 29.9. The number of hydrogen-bond donors (Lipinski definition) is 1. The molecule has 1 aliphatic rings. The van der Waals surface area contributed by atoms with Crippen LogP contribution in [0.4, 0.5) is 11.4 Å². The number of benzene rings is 3. The molecule has 5 aromatic rings. The van der Waals surface area contributed by atoms with E-state index in [1.807, 2.05) is 71.6 Å². The molecule has 1 saturated heterocycles. The second kappa shape index (κ2) is 12.1. The van der Waals surface area contributed by atoms with Crippen molar-refractivity contribution < 1.29 is 18.9 Å². The van der Waals surface area contributed by atoms with E-state index in [2.05, 4.69) is 10.3 Å². The van der Waals surface area contributed by atoms with Gasteiger partial charge in [0.25, 0.3) is 5.69 Å². The summed E-state index contributed by atoms with van der Waals surface area (Å²) in [5.74, 6) is 0.724. The van der Waals surface area contributed by atoms with Crippen molar-refractivity contribution in [2.75, 3.05) is 12.0 Å². The van der Waals surface area contributed by atoms with Gasteiger partial charge in [0, 0.05) is 39.4 Å². The van der Waals surface area contributed by atoms with E-state index >= 15 is 0 Å². The molecule has 1 N–H and O–H groups in total. The fraction of sp³-hybridized carbons (Fsp3) is 0.0938. The number of thiocarbonyl (C=S) groups is 1. The van der Waals surface area contributed by atoms with Gasteiger partial charge in [0.1, 0.15) is 17.6 Å². The molecule has 2 unspecified atom stereocenters. The van der Waals surface area contributed by atoms with Crippen LogP contribution in [0.25, 0.3) is 11.3 Å². The number of rotatable bonds is 8. The number of carbonyl (C=O) groups is 1. The highest BCUT2D eigenvalue weighted by molar-refractivity contribution is 7.99. The molecule has 1 aliphatic heterocycles. The summed E-state index contributed by atoms with van der Waals surface area (Å²) < 4.78 is 11.4. The topological polar surface area (TPSA) is 111 Å². The van der Waals surface area contributed by atoms with Crippen molar-refractivity contribution in [2.45, 2.75) is 21.9 Å². The Bertz CT molecular complexity index is 1790. The monoisotopic (exact) mass is 608 g/mol. The molecule has 3 heterocycles. The lowest BCUT2D eigenvalue weighted by atomic mass is 10.0. The fourth-order valence-electron chi connectivity index (χ4n) is 5.01. The Kier molecular flexibility index (Phi) is 7.91. The molecule has 3 aromatic carbocycles. The third-order valence-electron chi connectivity index (χ3n) is 7.01. The van der Waals surface area contributed by atoms with Gasteiger partial charge in [0.15, 0.2) is 5.11 Å². The summed E-state index contributed by atoms with van der Waals surface area (Å²) in [6, 6.07) is 30.3. The maximum atomic E-state index is 12.4. The van der Waals surface area contributed by atoms with E-state index in [4.69, 9.17) is 21.4 Å². The van der Waals surface area contributed by atoms with Crippen molar-refractivity contribution in [2.24, 2.45) is 0 Å². The number of methoxy groups -OCH3 is 1. The van der Waals surface area contributed by atoms with E-state index in [1.54, 1.807) is 30.5 Å². The lowest BCUT2D eigenvalue weighted by molar-refractivity contribution is -0.384. The zero-order valence-corrected chi connectivity index (χ0v) is 24.4. The van der Waals surface area contributed by atoms with E-state index in [0.29, 0.717) is 27.8 Å². The summed E-state index contributed by atoms with van der Waals surface area (Å²) in [6.45, 7) is 0. The third-order valence-corrected chi connectivity index (χ3v) is 8.34. The van der Waals surface area contributed by atoms with Crippen molar-refractivity contribution in [1.82, 2.24) is 10.3 Å². The first-order valence-corrected chi connectivity index (χ1v) is 14.5. The zero-order valence-electron chi connectivity index (χ0n) is 22.7. The second-order valence-corrected chi connectivity index (χ2v) is 11.1. The highest BCUT2D eigenvalue weighted by Gasteiger charge is 2.42. The third kappa shape index (κ3) is 5.72. The average molecular weight is 609 g/mol. The Morgan fingerprint density at radius 2 is 1.67 bits per heavy atom. The molecule has 1 fully saturated rings. The lowest BCUT2D eigenvalue weighted by Crippen LogP contribution is -2.29. The number of ether oxygens (including phenoxy) is 1. The van der Waals surface area contributed by atoms with Crippen LogP contribution in [-0.2, 0) is 4.74 Å². The summed E-state index contributed by atoms with van der Waals surface area (Å²) in [6.07, 6.45) is 1.74. The maximum absolute atomic E-state index is 12.4. The molecule has 2 aromatic heterocycles. The Morgan fingerprint density at radius 1 is 0.977 bits per heavy atom. The summed E-state index contributed by atoms with van der Waals surface area (Å²) >= 11 is 7.35. The van der Waals surface area contributed by atoms with Crippen LogP contribution in [0.3, 0.4) is 0 Å². The molecule has 0 amide bonds. The van der Waals surface area contributed by atoms with Gasteiger partial charge in [-0.3, -0.25) is 15.1 Å². The first-order chi connectivity index (χ1) is 20.9. The van der Waals surface area contributed by atoms with Crippen molar-refractivity contribution in [3.63, 3.8) is 0 Å². The second-order valence-electron chi connectivity index (χ2n) is 9.58. The van der Waals surface area contributed by atoms with Crippen LogP contribution in [0, 0.1) is 10.1 Å². The quantitative estimate of drug-likeness (QED) is 0.0830. The number of nitro benzene ring substituents is 1. The normalized spacial score (nSPS) is 16.1. The van der Waals surface area contributed by atoms with Crippen LogP contribution in [-0.4, -0.2) is 28.1 Å². The maximum Gasteiger partial charge on any atom is 0.338 e.